The Balaban J connectivity index is 1.83. The van der Waals surface area contributed by atoms with Crippen LogP contribution in [0.2, 0.25) is 0 Å². The predicted octanol–water partition coefficient (Wildman–Crippen LogP) is 3.05. The maximum absolute atomic E-state index is 11.6. The molecule has 1 fully saturated rings. The third kappa shape index (κ3) is 4.28. The summed E-state index contributed by atoms with van der Waals surface area (Å²) >= 11 is 0. The van der Waals surface area contributed by atoms with E-state index in [2.05, 4.69) is 53.5 Å². The van der Waals surface area contributed by atoms with Gasteiger partial charge in [0.2, 0.25) is 0 Å². The Kier molecular flexibility index (Phi) is 4.69. The smallest absolute Gasteiger partial charge is 0.152 e. The molecule has 1 aromatic heterocycles. The number of nitrogens with zero attached hydrogens (tertiary/aromatic N) is 2. The Hall–Kier alpha value is -2.15. The Bertz CT molecular complexity index is 886. The Morgan fingerprint density at radius 1 is 1.00 bits per heavy atom. The van der Waals surface area contributed by atoms with E-state index in [0.29, 0.717) is 23.9 Å². The first-order chi connectivity index (χ1) is 11.7. The number of anilines is 3. The second-order valence-corrected chi connectivity index (χ2v) is 9.06. The number of rotatable bonds is 4. The van der Waals surface area contributed by atoms with Gasteiger partial charge in [-0.05, 0) is 45.2 Å². The van der Waals surface area contributed by atoms with Crippen LogP contribution in [0, 0.1) is 27.7 Å². The number of aryl methyl sites for hydroxylation is 4. The van der Waals surface area contributed by atoms with Gasteiger partial charge in [0.05, 0.1) is 11.5 Å². The lowest BCUT2D eigenvalue weighted by Gasteiger charge is -2.16. The van der Waals surface area contributed by atoms with E-state index in [-0.39, 0.29) is 17.5 Å². The molecule has 0 spiro atoms. The van der Waals surface area contributed by atoms with Crippen molar-refractivity contribution in [2.75, 3.05) is 22.1 Å². The minimum Gasteiger partial charge on any atom is -0.366 e. The molecule has 0 aliphatic carbocycles. The van der Waals surface area contributed by atoms with Gasteiger partial charge in [-0.3, -0.25) is 0 Å². The Labute approximate surface area is 149 Å². The molecule has 0 bridgehead atoms. The van der Waals surface area contributed by atoms with Gasteiger partial charge < -0.3 is 10.6 Å². The van der Waals surface area contributed by atoms with Crippen molar-refractivity contribution in [3.8, 4) is 0 Å². The number of nitrogens with one attached hydrogen (secondary N) is 2. The van der Waals surface area contributed by atoms with Crippen molar-refractivity contribution in [3.63, 3.8) is 0 Å². The van der Waals surface area contributed by atoms with E-state index in [0.717, 1.165) is 16.8 Å². The van der Waals surface area contributed by atoms with E-state index in [1.165, 1.54) is 5.56 Å². The van der Waals surface area contributed by atoms with Gasteiger partial charge in [0.1, 0.15) is 17.5 Å². The molecule has 0 saturated carbocycles. The molecule has 1 aromatic carbocycles. The van der Waals surface area contributed by atoms with Gasteiger partial charge in [0.15, 0.2) is 9.84 Å². The van der Waals surface area contributed by atoms with Crippen LogP contribution in [0.4, 0.5) is 17.3 Å². The minimum atomic E-state index is -2.92. The van der Waals surface area contributed by atoms with Gasteiger partial charge >= 0.3 is 0 Å². The van der Waals surface area contributed by atoms with Crippen LogP contribution in [-0.2, 0) is 9.84 Å². The summed E-state index contributed by atoms with van der Waals surface area (Å²) in [6.07, 6.45) is 0.615. The summed E-state index contributed by atoms with van der Waals surface area (Å²) < 4.78 is 23.2. The lowest BCUT2D eigenvalue weighted by Crippen LogP contribution is -2.21. The number of sulfone groups is 1. The summed E-state index contributed by atoms with van der Waals surface area (Å²) in [7, 11) is -2.92. The zero-order chi connectivity index (χ0) is 18.2. The van der Waals surface area contributed by atoms with Crippen molar-refractivity contribution in [2.24, 2.45) is 0 Å². The average Bonchev–Trinajstić information content (AvgIpc) is 2.81. The van der Waals surface area contributed by atoms with Gasteiger partial charge in [-0.1, -0.05) is 17.7 Å². The largest absolute Gasteiger partial charge is 0.366 e. The minimum absolute atomic E-state index is 0.0880. The van der Waals surface area contributed by atoms with Crippen molar-refractivity contribution in [1.29, 1.82) is 0 Å². The molecule has 134 valence electrons. The summed E-state index contributed by atoms with van der Waals surface area (Å²) in [5.41, 5.74) is 4.58. The van der Waals surface area contributed by atoms with Gasteiger partial charge in [-0.2, -0.15) is 0 Å². The number of aromatic nitrogens is 2. The molecule has 1 unspecified atom stereocenters. The van der Waals surface area contributed by atoms with Crippen LogP contribution in [0.5, 0.6) is 0 Å². The first-order valence-corrected chi connectivity index (χ1v) is 10.2. The normalized spacial score (nSPS) is 19.0. The van der Waals surface area contributed by atoms with E-state index < -0.39 is 9.84 Å². The van der Waals surface area contributed by atoms with Crippen molar-refractivity contribution < 1.29 is 8.42 Å². The van der Waals surface area contributed by atoms with Crippen LogP contribution in [-0.4, -0.2) is 35.9 Å². The van der Waals surface area contributed by atoms with Crippen molar-refractivity contribution in [1.82, 2.24) is 9.97 Å². The summed E-state index contributed by atoms with van der Waals surface area (Å²) in [4.78, 5) is 8.85. The number of benzene rings is 1. The first-order valence-electron chi connectivity index (χ1n) is 8.39. The molecule has 1 saturated heterocycles. The van der Waals surface area contributed by atoms with Gasteiger partial charge in [0, 0.05) is 17.8 Å². The highest BCUT2D eigenvalue weighted by atomic mass is 32.2. The second kappa shape index (κ2) is 6.63. The van der Waals surface area contributed by atoms with Gasteiger partial charge in [0.25, 0.3) is 0 Å². The maximum atomic E-state index is 11.6. The first kappa shape index (κ1) is 17.7. The highest BCUT2D eigenvalue weighted by Crippen LogP contribution is 2.26. The van der Waals surface area contributed by atoms with Crippen molar-refractivity contribution in [3.05, 3.63) is 40.7 Å². The number of hydrogen-bond acceptors (Lipinski definition) is 6. The molecule has 1 aliphatic heterocycles. The fourth-order valence-corrected chi connectivity index (χ4v) is 5.00. The van der Waals surface area contributed by atoms with Crippen LogP contribution in [0.3, 0.4) is 0 Å². The standard InChI is InChI=1S/C18H24N4O2S/c1-11-7-12(2)18(13(3)8-11)22-17-9-16(19-14(4)20-17)21-15-5-6-25(23,24)10-15/h7-9,15H,5-6,10H2,1-4H3,(H2,19,20,21,22). The molecule has 2 N–H and O–H groups in total. The molecule has 0 radical (unpaired) electrons. The Morgan fingerprint density at radius 3 is 2.24 bits per heavy atom. The molecule has 25 heavy (non-hydrogen) atoms. The fraction of sp³-hybridized carbons (Fsp3) is 0.444. The summed E-state index contributed by atoms with van der Waals surface area (Å²) in [5.74, 6) is 2.39. The van der Waals surface area contributed by atoms with Crippen molar-refractivity contribution in [2.45, 2.75) is 40.2 Å². The average molecular weight is 360 g/mol. The molecule has 7 heteroatoms. The molecule has 6 nitrogen and oxygen atoms in total. The summed E-state index contributed by atoms with van der Waals surface area (Å²) in [5, 5.41) is 6.61. The van der Waals surface area contributed by atoms with Gasteiger partial charge in [-0.25, -0.2) is 18.4 Å². The lowest BCUT2D eigenvalue weighted by molar-refractivity contribution is 0.602. The fourth-order valence-electron chi connectivity index (χ4n) is 3.33. The molecule has 1 atom stereocenters. The van der Waals surface area contributed by atoms with Crippen LogP contribution < -0.4 is 10.6 Å². The second-order valence-electron chi connectivity index (χ2n) is 6.83. The molecule has 3 rings (SSSR count). The maximum Gasteiger partial charge on any atom is 0.152 e. The zero-order valence-corrected chi connectivity index (χ0v) is 15.9. The van der Waals surface area contributed by atoms with Crippen molar-refractivity contribution >= 4 is 27.2 Å². The monoisotopic (exact) mass is 360 g/mol. The number of hydrogen-bond donors (Lipinski definition) is 2. The van der Waals surface area contributed by atoms with E-state index in [1.807, 2.05) is 13.0 Å². The quantitative estimate of drug-likeness (QED) is 0.872. The molecular weight excluding hydrogens is 336 g/mol. The zero-order valence-electron chi connectivity index (χ0n) is 15.0. The third-order valence-corrected chi connectivity index (χ3v) is 6.12. The van der Waals surface area contributed by atoms with Crippen LogP contribution in [0.25, 0.3) is 0 Å². The SMILES string of the molecule is Cc1cc(C)c(Nc2cc(NC3CCS(=O)(=O)C3)nc(C)n2)c(C)c1. The third-order valence-electron chi connectivity index (χ3n) is 4.35. The summed E-state index contributed by atoms with van der Waals surface area (Å²) in [6, 6.07) is 6.00. The summed E-state index contributed by atoms with van der Waals surface area (Å²) in [6.45, 7) is 8.05. The van der Waals surface area contributed by atoms with E-state index >= 15 is 0 Å². The molecular formula is C18H24N4O2S. The van der Waals surface area contributed by atoms with Crippen LogP contribution >= 0.6 is 0 Å². The Morgan fingerprint density at radius 2 is 1.64 bits per heavy atom. The molecule has 0 amide bonds. The van der Waals surface area contributed by atoms with Crippen LogP contribution in [0.15, 0.2) is 18.2 Å². The highest BCUT2D eigenvalue weighted by molar-refractivity contribution is 7.91. The van der Waals surface area contributed by atoms with E-state index in [4.69, 9.17) is 0 Å². The van der Waals surface area contributed by atoms with Crippen LogP contribution in [0.1, 0.15) is 28.9 Å². The molecule has 2 aromatic rings. The molecule has 2 heterocycles. The molecule has 1 aliphatic rings. The lowest BCUT2D eigenvalue weighted by atomic mass is 10.1. The highest BCUT2D eigenvalue weighted by Gasteiger charge is 2.28. The van der Waals surface area contributed by atoms with E-state index in [9.17, 15) is 8.42 Å². The van der Waals surface area contributed by atoms with Gasteiger partial charge in [-0.15, -0.1) is 0 Å². The van der Waals surface area contributed by atoms with E-state index in [1.54, 1.807) is 0 Å². The topological polar surface area (TPSA) is 84.0 Å². The predicted molar refractivity (Wildman–Crippen MR) is 101 cm³/mol.